The first-order valence-electron chi connectivity index (χ1n) is 6.23. The van der Waals surface area contributed by atoms with Crippen molar-refractivity contribution < 1.29 is 0 Å². The highest BCUT2D eigenvalue weighted by Crippen LogP contribution is 2.07. The molecule has 0 saturated carbocycles. The monoisotopic (exact) mass is 234 g/mol. The quantitative estimate of drug-likeness (QED) is 0.800. The number of aryl methyl sites for hydroxylation is 1. The highest BCUT2D eigenvalue weighted by atomic mass is 15.3. The number of hydrogen-bond donors (Lipinski definition) is 1. The summed E-state index contributed by atoms with van der Waals surface area (Å²) in [6, 6.07) is 0. The first-order valence-corrected chi connectivity index (χ1v) is 6.23. The number of H-pyrrole nitrogens is 1. The van der Waals surface area contributed by atoms with Crippen LogP contribution in [0.15, 0.2) is 18.3 Å². The third kappa shape index (κ3) is 3.68. The molecule has 1 N–H and O–H groups in total. The summed E-state index contributed by atoms with van der Waals surface area (Å²) < 4.78 is 0. The number of imidazole rings is 1. The van der Waals surface area contributed by atoms with Gasteiger partial charge in [0.25, 0.3) is 0 Å². The molecule has 0 spiro atoms. The Morgan fingerprint density at radius 2 is 2.00 bits per heavy atom. The average Bonchev–Trinajstić information content (AvgIpc) is 2.66. The van der Waals surface area contributed by atoms with Gasteiger partial charge >= 0.3 is 0 Å². The van der Waals surface area contributed by atoms with Crippen LogP contribution in [0.2, 0.25) is 0 Å². The molecule has 94 valence electrons. The number of aromatic amines is 1. The van der Waals surface area contributed by atoms with Gasteiger partial charge in [-0.3, -0.25) is 9.80 Å². The van der Waals surface area contributed by atoms with Crippen molar-refractivity contribution >= 4 is 0 Å². The van der Waals surface area contributed by atoms with E-state index in [0.717, 1.165) is 50.8 Å². The van der Waals surface area contributed by atoms with Gasteiger partial charge < -0.3 is 4.98 Å². The van der Waals surface area contributed by atoms with Gasteiger partial charge in [-0.15, -0.1) is 0 Å². The van der Waals surface area contributed by atoms with Gasteiger partial charge in [-0.25, -0.2) is 4.98 Å². The van der Waals surface area contributed by atoms with E-state index in [0.29, 0.717) is 0 Å². The Morgan fingerprint density at radius 1 is 1.35 bits per heavy atom. The third-order valence-corrected chi connectivity index (χ3v) is 3.09. The summed E-state index contributed by atoms with van der Waals surface area (Å²) in [6.45, 7) is 14.6. The molecule has 0 aliphatic carbocycles. The van der Waals surface area contributed by atoms with Gasteiger partial charge in [0.05, 0.1) is 6.54 Å². The van der Waals surface area contributed by atoms with E-state index >= 15 is 0 Å². The zero-order valence-corrected chi connectivity index (χ0v) is 10.9. The van der Waals surface area contributed by atoms with Crippen molar-refractivity contribution in [1.82, 2.24) is 19.8 Å². The summed E-state index contributed by atoms with van der Waals surface area (Å²) >= 11 is 0. The van der Waals surface area contributed by atoms with Crippen molar-refractivity contribution in [2.45, 2.75) is 20.4 Å². The maximum Gasteiger partial charge on any atom is 0.120 e. The second-order valence-corrected chi connectivity index (χ2v) is 5.02. The van der Waals surface area contributed by atoms with E-state index in [1.54, 1.807) is 0 Å². The number of hydrogen-bond acceptors (Lipinski definition) is 3. The predicted molar refractivity (Wildman–Crippen MR) is 69.9 cm³/mol. The second kappa shape index (κ2) is 5.47. The minimum absolute atomic E-state index is 0.939. The Kier molecular flexibility index (Phi) is 3.97. The van der Waals surface area contributed by atoms with Crippen LogP contribution in [0.4, 0.5) is 0 Å². The van der Waals surface area contributed by atoms with Crippen LogP contribution in [0.25, 0.3) is 0 Å². The average molecular weight is 234 g/mol. The lowest BCUT2D eigenvalue weighted by molar-refractivity contribution is 0.133. The van der Waals surface area contributed by atoms with E-state index in [2.05, 4.69) is 33.3 Å². The molecule has 1 saturated heterocycles. The van der Waals surface area contributed by atoms with Crippen LogP contribution < -0.4 is 0 Å². The number of nitrogens with one attached hydrogen (secondary N) is 1. The lowest BCUT2D eigenvalue weighted by atomic mass is 10.2. The Hall–Kier alpha value is -1.13. The molecule has 2 rings (SSSR count). The Morgan fingerprint density at radius 3 is 2.53 bits per heavy atom. The molecule has 4 nitrogen and oxygen atoms in total. The lowest BCUT2D eigenvalue weighted by Gasteiger charge is -2.34. The second-order valence-electron chi connectivity index (χ2n) is 5.02. The largest absolute Gasteiger partial charge is 0.345 e. The van der Waals surface area contributed by atoms with Crippen molar-refractivity contribution in [3.8, 4) is 0 Å². The van der Waals surface area contributed by atoms with Crippen molar-refractivity contribution in [3.63, 3.8) is 0 Å². The molecule has 0 radical (unpaired) electrons. The van der Waals surface area contributed by atoms with Gasteiger partial charge in [0.15, 0.2) is 0 Å². The number of rotatable bonds is 4. The Bertz CT molecular complexity index is 375. The first kappa shape index (κ1) is 12.3. The van der Waals surface area contributed by atoms with Gasteiger partial charge in [-0.05, 0) is 13.8 Å². The summed E-state index contributed by atoms with van der Waals surface area (Å²) in [5, 5.41) is 0. The molecule has 0 bridgehead atoms. The van der Waals surface area contributed by atoms with Gasteiger partial charge in [-0.1, -0.05) is 12.2 Å². The van der Waals surface area contributed by atoms with E-state index in [1.165, 1.54) is 5.57 Å². The van der Waals surface area contributed by atoms with Crippen LogP contribution in [0.1, 0.15) is 18.4 Å². The molecule has 4 heteroatoms. The van der Waals surface area contributed by atoms with Crippen LogP contribution in [0.3, 0.4) is 0 Å². The topological polar surface area (TPSA) is 35.2 Å². The Balaban J connectivity index is 1.77. The van der Waals surface area contributed by atoms with Gasteiger partial charge in [0, 0.05) is 44.6 Å². The van der Waals surface area contributed by atoms with Crippen LogP contribution >= 0.6 is 0 Å². The van der Waals surface area contributed by atoms with E-state index in [9.17, 15) is 0 Å². The van der Waals surface area contributed by atoms with Crippen molar-refractivity contribution in [1.29, 1.82) is 0 Å². The molecule has 1 aromatic rings. The number of nitrogens with zero attached hydrogens (tertiary/aromatic N) is 3. The van der Waals surface area contributed by atoms with E-state index in [4.69, 9.17) is 0 Å². The highest BCUT2D eigenvalue weighted by Gasteiger charge is 2.17. The van der Waals surface area contributed by atoms with Crippen LogP contribution in [0.5, 0.6) is 0 Å². The number of piperazine rings is 1. The summed E-state index contributed by atoms with van der Waals surface area (Å²) in [5.74, 6) is 1.08. The standard InChI is InChI=1S/C13H22N4/c1-11(2)9-16-4-6-17(7-5-16)10-13-14-8-12(3)15-13/h8H,1,4-7,9-10H2,2-3H3,(H,14,15). The van der Waals surface area contributed by atoms with Gasteiger partial charge in [0.2, 0.25) is 0 Å². The normalized spacial score (nSPS) is 18.5. The molecule has 1 aromatic heterocycles. The molecule has 1 fully saturated rings. The van der Waals surface area contributed by atoms with Crippen molar-refractivity contribution in [3.05, 3.63) is 29.9 Å². The molecule has 17 heavy (non-hydrogen) atoms. The van der Waals surface area contributed by atoms with Crippen LogP contribution in [0, 0.1) is 6.92 Å². The van der Waals surface area contributed by atoms with Crippen LogP contribution in [-0.4, -0.2) is 52.5 Å². The third-order valence-electron chi connectivity index (χ3n) is 3.09. The maximum atomic E-state index is 4.35. The molecule has 0 atom stereocenters. The molecule has 0 aromatic carbocycles. The van der Waals surface area contributed by atoms with Crippen molar-refractivity contribution in [2.75, 3.05) is 32.7 Å². The van der Waals surface area contributed by atoms with Gasteiger partial charge in [0.1, 0.15) is 5.82 Å². The summed E-state index contributed by atoms with van der Waals surface area (Å²) in [5.41, 5.74) is 2.39. The lowest BCUT2D eigenvalue weighted by Crippen LogP contribution is -2.46. The Labute approximate surface area is 103 Å². The summed E-state index contributed by atoms with van der Waals surface area (Å²) in [6.07, 6.45) is 1.90. The first-order chi connectivity index (χ1) is 8.13. The molecular formula is C13H22N4. The fourth-order valence-electron chi connectivity index (χ4n) is 2.25. The van der Waals surface area contributed by atoms with Crippen molar-refractivity contribution in [2.24, 2.45) is 0 Å². The fraction of sp³-hybridized carbons (Fsp3) is 0.615. The molecule has 2 heterocycles. The SMILES string of the molecule is C=C(C)CN1CCN(Cc2ncc(C)[nH]2)CC1. The molecule has 1 aliphatic heterocycles. The highest BCUT2D eigenvalue weighted by molar-refractivity contribution is 4.99. The zero-order chi connectivity index (χ0) is 12.3. The summed E-state index contributed by atoms with van der Waals surface area (Å²) in [4.78, 5) is 12.6. The van der Waals surface area contributed by atoms with E-state index in [1.807, 2.05) is 13.1 Å². The molecule has 0 unspecified atom stereocenters. The van der Waals surface area contributed by atoms with Gasteiger partial charge in [-0.2, -0.15) is 0 Å². The number of aromatic nitrogens is 2. The van der Waals surface area contributed by atoms with Crippen LogP contribution in [-0.2, 0) is 6.54 Å². The zero-order valence-electron chi connectivity index (χ0n) is 10.9. The minimum Gasteiger partial charge on any atom is -0.345 e. The predicted octanol–water partition coefficient (Wildman–Crippen LogP) is 1.41. The summed E-state index contributed by atoms with van der Waals surface area (Å²) in [7, 11) is 0. The van der Waals surface area contributed by atoms with E-state index in [-0.39, 0.29) is 0 Å². The van der Waals surface area contributed by atoms with E-state index < -0.39 is 0 Å². The molecular weight excluding hydrogens is 212 g/mol. The molecule has 0 amide bonds. The fourth-order valence-corrected chi connectivity index (χ4v) is 2.25. The minimum atomic E-state index is 0.939. The maximum absolute atomic E-state index is 4.35. The molecule has 1 aliphatic rings. The smallest absolute Gasteiger partial charge is 0.120 e.